The first kappa shape index (κ1) is 20.2. The molecule has 0 spiro atoms. The molecule has 2 amide bonds. The number of hydrogen-bond donors (Lipinski definition) is 1. The van der Waals surface area contributed by atoms with Crippen LogP contribution in [0.2, 0.25) is 0 Å². The Morgan fingerprint density at radius 1 is 1.31 bits per heavy atom. The number of halogens is 2. The van der Waals surface area contributed by atoms with Gasteiger partial charge in [0.1, 0.15) is 0 Å². The van der Waals surface area contributed by atoms with Crippen molar-refractivity contribution in [2.45, 2.75) is 37.2 Å². The van der Waals surface area contributed by atoms with Crippen LogP contribution in [0.15, 0.2) is 18.2 Å². The fraction of sp³-hybridized carbons (Fsp3) is 0.562. The fourth-order valence-corrected chi connectivity index (χ4v) is 4.64. The Hall–Kier alpha value is -2.10. The van der Waals surface area contributed by atoms with Crippen LogP contribution in [-0.4, -0.2) is 57.7 Å². The van der Waals surface area contributed by atoms with Gasteiger partial charge in [-0.15, -0.1) is 0 Å². The van der Waals surface area contributed by atoms with E-state index in [0.717, 1.165) is 6.42 Å². The van der Waals surface area contributed by atoms with Crippen LogP contribution in [0.25, 0.3) is 0 Å². The summed E-state index contributed by atoms with van der Waals surface area (Å²) >= 11 is 0. The van der Waals surface area contributed by atoms with Crippen LogP contribution in [0, 0.1) is 0 Å². The smallest absolute Gasteiger partial charge is 0.387 e. The van der Waals surface area contributed by atoms with Crippen molar-refractivity contribution in [2.75, 3.05) is 25.7 Å². The van der Waals surface area contributed by atoms with Gasteiger partial charge >= 0.3 is 12.6 Å². The average molecular weight is 392 g/mol. The zero-order valence-corrected chi connectivity index (χ0v) is 15.6. The van der Waals surface area contributed by atoms with Crippen molar-refractivity contribution in [3.05, 3.63) is 18.2 Å². The monoisotopic (exact) mass is 392 g/mol. The van der Waals surface area contributed by atoms with Gasteiger partial charge in [-0.3, -0.25) is 0 Å². The lowest BCUT2D eigenvalue weighted by Crippen LogP contribution is -2.46. The van der Waals surface area contributed by atoms with E-state index in [9.17, 15) is 22.0 Å². The van der Waals surface area contributed by atoms with Crippen LogP contribution >= 0.6 is 0 Å². The number of nitrogens with one attached hydrogen (secondary N) is 1. The average Bonchev–Trinajstić information content (AvgIpc) is 3.03. The molecule has 26 heavy (non-hydrogen) atoms. The van der Waals surface area contributed by atoms with E-state index >= 15 is 0 Å². The van der Waals surface area contributed by atoms with E-state index < -0.39 is 33.8 Å². The van der Waals surface area contributed by atoms with Crippen molar-refractivity contribution in [1.29, 1.82) is 0 Å². The molecule has 0 unspecified atom stereocenters. The number of benzene rings is 1. The first-order valence-corrected chi connectivity index (χ1v) is 9.94. The predicted octanol–water partition coefficient (Wildman–Crippen LogP) is 2.73. The minimum absolute atomic E-state index is 0.101. The number of amides is 2. The zero-order valence-electron chi connectivity index (χ0n) is 14.7. The molecule has 1 aliphatic carbocycles. The molecule has 0 saturated heterocycles. The highest BCUT2D eigenvalue weighted by Gasteiger charge is 2.38. The van der Waals surface area contributed by atoms with Crippen LogP contribution in [0.5, 0.6) is 11.5 Å². The first-order valence-electron chi connectivity index (χ1n) is 7.99. The van der Waals surface area contributed by atoms with Crippen LogP contribution < -0.4 is 14.8 Å². The predicted molar refractivity (Wildman–Crippen MR) is 92.7 cm³/mol. The van der Waals surface area contributed by atoms with E-state index in [1.165, 1.54) is 43.5 Å². The van der Waals surface area contributed by atoms with Crippen LogP contribution in [0.1, 0.15) is 19.3 Å². The van der Waals surface area contributed by atoms with E-state index in [2.05, 4.69) is 10.1 Å². The molecule has 7 nitrogen and oxygen atoms in total. The molecule has 1 aromatic carbocycles. The second-order valence-electron chi connectivity index (χ2n) is 6.15. The van der Waals surface area contributed by atoms with Gasteiger partial charge in [-0.1, -0.05) is 0 Å². The number of ether oxygens (including phenoxy) is 2. The normalized spacial score (nSPS) is 20.1. The van der Waals surface area contributed by atoms with Crippen molar-refractivity contribution in [2.24, 2.45) is 0 Å². The molecular formula is C16H22F2N2O5S. The van der Waals surface area contributed by atoms with Gasteiger partial charge in [-0.2, -0.15) is 8.78 Å². The largest absolute Gasteiger partial charge is 0.493 e. The Labute approximate surface area is 151 Å². The summed E-state index contributed by atoms with van der Waals surface area (Å²) in [5.74, 6) is -0.109. The molecule has 2 rings (SSSR count). The maximum Gasteiger partial charge on any atom is 0.387 e. The zero-order chi connectivity index (χ0) is 19.5. The van der Waals surface area contributed by atoms with E-state index in [4.69, 9.17) is 4.74 Å². The van der Waals surface area contributed by atoms with Crippen molar-refractivity contribution in [3.63, 3.8) is 0 Å². The number of sulfone groups is 1. The third-order valence-corrected chi connectivity index (χ3v) is 6.07. The Morgan fingerprint density at radius 3 is 2.58 bits per heavy atom. The number of alkyl halides is 2. The maximum absolute atomic E-state index is 12.5. The fourth-order valence-electron chi connectivity index (χ4n) is 3.15. The van der Waals surface area contributed by atoms with Crippen LogP contribution in [0.3, 0.4) is 0 Å². The van der Waals surface area contributed by atoms with Crippen molar-refractivity contribution in [3.8, 4) is 11.5 Å². The number of carbonyl (C=O) groups excluding carboxylic acids is 1. The first-order chi connectivity index (χ1) is 12.1. The molecule has 1 N–H and O–H groups in total. The molecule has 0 bridgehead atoms. The molecule has 146 valence electrons. The van der Waals surface area contributed by atoms with Gasteiger partial charge in [-0.05, 0) is 31.4 Å². The van der Waals surface area contributed by atoms with Crippen LogP contribution in [0.4, 0.5) is 19.3 Å². The lowest BCUT2D eigenvalue weighted by molar-refractivity contribution is -0.0511. The summed E-state index contributed by atoms with van der Waals surface area (Å²) in [4.78, 5) is 13.8. The summed E-state index contributed by atoms with van der Waals surface area (Å²) in [5, 5.41) is 1.96. The topological polar surface area (TPSA) is 84.9 Å². The third kappa shape index (κ3) is 4.75. The number of urea groups is 1. The van der Waals surface area contributed by atoms with Gasteiger partial charge in [0.25, 0.3) is 0 Å². The van der Waals surface area contributed by atoms with Gasteiger partial charge in [0.2, 0.25) is 0 Å². The molecule has 0 heterocycles. The highest BCUT2D eigenvalue weighted by molar-refractivity contribution is 7.91. The number of carbonyl (C=O) groups is 1. The number of anilines is 1. The van der Waals surface area contributed by atoms with Crippen LogP contribution in [-0.2, 0) is 9.84 Å². The minimum Gasteiger partial charge on any atom is -0.493 e. The quantitative estimate of drug-likeness (QED) is 0.805. The van der Waals surface area contributed by atoms with Gasteiger partial charge in [-0.25, -0.2) is 13.2 Å². The molecule has 0 aliphatic heterocycles. The number of rotatable bonds is 6. The van der Waals surface area contributed by atoms with E-state index in [1.807, 2.05) is 0 Å². The van der Waals surface area contributed by atoms with Gasteiger partial charge < -0.3 is 19.7 Å². The lowest BCUT2D eigenvalue weighted by Gasteiger charge is -2.29. The Bertz CT molecular complexity index is 757. The number of nitrogens with zero attached hydrogens (tertiary/aromatic N) is 1. The maximum atomic E-state index is 12.5. The molecule has 0 aromatic heterocycles. The number of methoxy groups -OCH3 is 1. The molecule has 0 radical (unpaired) electrons. The summed E-state index contributed by atoms with van der Waals surface area (Å²) in [6.45, 7) is -3.04. The summed E-state index contributed by atoms with van der Waals surface area (Å²) in [7, 11) is -0.446. The van der Waals surface area contributed by atoms with Crippen molar-refractivity contribution < 1.29 is 31.5 Å². The molecular weight excluding hydrogens is 370 g/mol. The van der Waals surface area contributed by atoms with E-state index in [-0.39, 0.29) is 17.2 Å². The molecule has 1 fully saturated rings. The summed E-state index contributed by atoms with van der Waals surface area (Å²) in [5.41, 5.74) is 0.229. The van der Waals surface area contributed by atoms with E-state index in [1.54, 1.807) is 0 Å². The molecule has 10 heteroatoms. The Kier molecular flexibility index (Phi) is 6.27. The van der Waals surface area contributed by atoms with E-state index in [0.29, 0.717) is 12.8 Å². The second kappa shape index (κ2) is 8.07. The SMILES string of the molecule is COc1ccc(NC(=O)N(C)[C@@H]2CCC[C@@H]2S(C)(=O)=O)cc1OC(F)F. The highest BCUT2D eigenvalue weighted by Crippen LogP contribution is 2.32. The van der Waals surface area contributed by atoms with Gasteiger partial charge in [0.05, 0.1) is 12.4 Å². The summed E-state index contributed by atoms with van der Waals surface area (Å²) < 4.78 is 58.1. The van der Waals surface area contributed by atoms with Gasteiger partial charge in [0.15, 0.2) is 21.3 Å². The number of hydrogen-bond acceptors (Lipinski definition) is 5. The summed E-state index contributed by atoms with van der Waals surface area (Å²) in [6.07, 6.45) is 2.98. The Balaban J connectivity index is 2.14. The van der Waals surface area contributed by atoms with Gasteiger partial charge in [0, 0.05) is 31.1 Å². The molecule has 1 aromatic rings. The molecule has 2 atom stereocenters. The van der Waals surface area contributed by atoms with Crippen molar-refractivity contribution in [1.82, 2.24) is 4.90 Å². The minimum atomic E-state index is -3.27. The molecule has 1 saturated carbocycles. The Morgan fingerprint density at radius 2 is 2.00 bits per heavy atom. The second-order valence-corrected chi connectivity index (χ2v) is 8.42. The molecule has 1 aliphatic rings. The summed E-state index contributed by atoms with van der Waals surface area (Å²) in [6, 6.07) is 3.13. The van der Waals surface area contributed by atoms with Crippen molar-refractivity contribution >= 4 is 21.6 Å². The third-order valence-electron chi connectivity index (χ3n) is 4.42. The standard InChI is InChI=1S/C16H22F2N2O5S/c1-20(11-5-4-6-14(11)26(3,22)23)16(21)19-10-7-8-12(24-2)13(9-10)25-15(17)18/h7-9,11,14-15H,4-6H2,1-3H3,(H,19,21)/t11-,14+/m1/s1. The highest BCUT2D eigenvalue weighted by atomic mass is 32.2. The lowest BCUT2D eigenvalue weighted by atomic mass is 10.2.